The lowest BCUT2D eigenvalue weighted by atomic mass is 10.1. The molecular weight excluding hydrogens is 584 g/mol. The standard InChI is InChI=1S/C31H38N6O6S/c1-19-5-6-27(20(2)13-19)43-18-22(38)16-33-24-7-8-32-30(39)28(24)29-34-25-14-21-17-37(31(40)23(21)15-26(25)35-29)10-9-36(3)11-12-44(4,41)42/h5-8,13-15,22,38H,9-12,16-18H2,1-4H3,(H,34,35)(H2,32,33,39)/t22-/m1/s1. The first-order valence-corrected chi connectivity index (χ1v) is 16.5. The van der Waals surface area contributed by atoms with Crippen molar-refractivity contribution in [3.63, 3.8) is 0 Å². The summed E-state index contributed by atoms with van der Waals surface area (Å²) in [7, 11) is -1.22. The van der Waals surface area contributed by atoms with Gasteiger partial charge in [0.2, 0.25) is 0 Å². The molecule has 4 aromatic rings. The lowest BCUT2D eigenvalue weighted by molar-refractivity contribution is 0.0765. The maximum absolute atomic E-state index is 13.2. The lowest BCUT2D eigenvalue weighted by Gasteiger charge is -2.21. The molecule has 1 aliphatic heterocycles. The zero-order chi connectivity index (χ0) is 31.6. The van der Waals surface area contributed by atoms with E-state index in [1.165, 1.54) is 12.5 Å². The van der Waals surface area contributed by atoms with Crippen molar-refractivity contribution in [2.24, 2.45) is 0 Å². The minimum absolute atomic E-state index is 0.0701. The number of aliphatic hydroxyl groups is 1. The number of rotatable bonds is 13. The molecule has 2 aromatic carbocycles. The highest BCUT2D eigenvalue weighted by molar-refractivity contribution is 7.90. The van der Waals surface area contributed by atoms with Crippen molar-refractivity contribution in [2.75, 3.05) is 57.2 Å². The Balaban J connectivity index is 1.26. The van der Waals surface area contributed by atoms with E-state index >= 15 is 0 Å². The van der Waals surface area contributed by atoms with Gasteiger partial charge in [0.25, 0.3) is 11.5 Å². The van der Waals surface area contributed by atoms with Crippen LogP contribution in [0.4, 0.5) is 5.69 Å². The highest BCUT2D eigenvalue weighted by atomic mass is 32.2. The molecule has 0 radical (unpaired) electrons. The van der Waals surface area contributed by atoms with Gasteiger partial charge >= 0.3 is 0 Å². The van der Waals surface area contributed by atoms with Gasteiger partial charge in [-0.3, -0.25) is 9.59 Å². The molecule has 0 saturated heterocycles. The van der Waals surface area contributed by atoms with Crippen LogP contribution < -0.4 is 15.6 Å². The summed E-state index contributed by atoms with van der Waals surface area (Å²) >= 11 is 0. The third-order valence-corrected chi connectivity index (χ3v) is 8.59. The number of nitrogens with zero attached hydrogens (tertiary/aromatic N) is 3. The molecule has 5 rings (SSSR count). The zero-order valence-electron chi connectivity index (χ0n) is 25.3. The second-order valence-corrected chi connectivity index (χ2v) is 13.7. The average Bonchev–Trinajstić information content (AvgIpc) is 3.51. The second-order valence-electron chi connectivity index (χ2n) is 11.5. The number of carbonyl (C=O) groups excluding carboxylic acids is 1. The van der Waals surface area contributed by atoms with Crippen LogP contribution in [0.2, 0.25) is 0 Å². The molecule has 3 heterocycles. The van der Waals surface area contributed by atoms with Gasteiger partial charge in [-0.15, -0.1) is 0 Å². The maximum Gasteiger partial charge on any atom is 0.261 e. The number of hydrogen-bond donors (Lipinski definition) is 4. The molecule has 0 aliphatic carbocycles. The van der Waals surface area contributed by atoms with Crippen molar-refractivity contribution in [1.29, 1.82) is 0 Å². The summed E-state index contributed by atoms with van der Waals surface area (Å²) in [5.74, 6) is 1.01. The topological polar surface area (TPSA) is 161 Å². The summed E-state index contributed by atoms with van der Waals surface area (Å²) in [5, 5.41) is 13.7. The summed E-state index contributed by atoms with van der Waals surface area (Å²) < 4.78 is 28.7. The van der Waals surface area contributed by atoms with Gasteiger partial charge in [0.05, 0.1) is 22.5 Å². The molecule has 0 bridgehead atoms. The highest BCUT2D eigenvalue weighted by Crippen LogP contribution is 2.30. The predicted molar refractivity (Wildman–Crippen MR) is 170 cm³/mol. The summed E-state index contributed by atoms with van der Waals surface area (Å²) in [6.45, 7) is 6.02. The number of likely N-dealkylation sites (N-methyl/N-ethyl adjacent to an activating group) is 1. The Morgan fingerprint density at radius 3 is 2.70 bits per heavy atom. The van der Waals surface area contributed by atoms with Gasteiger partial charge < -0.3 is 34.9 Å². The van der Waals surface area contributed by atoms with Gasteiger partial charge in [0.1, 0.15) is 39.7 Å². The monoisotopic (exact) mass is 622 g/mol. The summed E-state index contributed by atoms with van der Waals surface area (Å²) in [6, 6.07) is 11.2. The molecule has 2 aromatic heterocycles. The summed E-state index contributed by atoms with van der Waals surface area (Å²) in [5.41, 5.74) is 5.19. The number of fused-ring (bicyclic) bond motifs is 2. The largest absolute Gasteiger partial charge is 0.491 e. The molecule has 1 amide bonds. The zero-order valence-corrected chi connectivity index (χ0v) is 26.1. The first kappa shape index (κ1) is 31.2. The number of hydrogen-bond acceptors (Lipinski definition) is 9. The number of H-pyrrole nitrogens is 2. The molecule has 12 nitrogen and oxygen atoms in total. The minimum atomic E-state index is -3.05. The van der Waals surface area contributed by atoms with E-state index in [1.807, 2.05) is 50.1 Å². The number of aromatic nitrogens is 3. The Morgan fingerprint density at radius 2 is 1.95 bits per heavy atom. The predicted octanol–water partition coefficient (Wildman–Crippen LogP) is 2.32. The number of aryl methyl sites for hydroxylation is 2. The van der Waals surface area contributed by atoms with Crippen LogP contribution in [-0.2, 0) is 16.4 Å². The van der Waals surface area contributed by atoms with E-state index in [-0.39, 0.29) is 35.9 Å². The molecule has 4 N–H and O–H groups in total. The molecule has 0 fully saturated rings. The molecule has 0 saturated carbocycles. The van der Waals surface area contributed by atoms with E-state index in [0.717, 1.165) is 16.7 Å². The fourth-order valence-corrected chi connectivity index (χ4v) is 5.84. The van der Waals surface area contributed by atoms with Gasteiger partial charge in [-0.05, 0) is 56.3 Å². The van der Waals surface area contributed by atoms with E-state index in [9.17, 15) is 23.1 Å². The summed E-state index contributed by atoms with van der Waals surface area (Å²) in [4.78, 5) is 40.3. The van der Waals surface area contributed by atoms with Crippen LogP contribution in [0.25, 0.3) is 22.4 Å². The van der Waals surface area contributed by atoms with Crippen molar-refractivity contribution in [3.05, 3.63) is 75.2 Å². The van der Waals surface area contributed by atoms with E-state index in [0.29, 0.717) is 60.0 Å². The van der Waals surface area contributed by atoms with E-state index in [2.05, 4.69) is 20.3 Å². The van der Waals surface area contributed by atoms with E-state index in [4.69, 9.17) is 4.74 Å². The normalized spacial score (nSPS) is 14.0. The third kappa shape index (κ3) is 7.29. The lowest BCUT2D eigenvalue weighted by Crippen LogP contribution is -2.35. The molecule has 234 valence electrons. The van der Waals surface area contributed by atoms with Crippen molar-refractivity contribution in [3.8, 4) is 17.1 Å². The van der Waals surface area contributed by atoms with Crippen molar-refractivity contribution < 1.29 is 23.1 Å². The molecule has 0 unspecified atom stereocenters. The number of aliphatic hydroxyl groups excluding tert-OH is 1. The van der Waals surface area contributed by atoms with Crippen molar-refractivity contribution >= 4 is 32.5 Å². The Hall–Kier alpha value is -4.20. The van der Waals surface area contributed by atoms with Crippen LogP contribution in [0, 0.1) is 13.8 Å². The number of amides is 1. The van der Waals surface area contributed by atoms with Gasteiger partial charge in [-0.25, -0.2) is 13.4 Å². The second kappa shape index (κ2) is 12.8. The SMILES string of the molecule is Cc1ccc(OC[C@H](O)CNc2cc[nH]c(=O)c2-c2nc3cc4c(cc3[nH]2)C(=O)N(CCN(C)CCS(C)(=O)=O)C4)c(C)c1. The van der Waals surface area contributed by atoms with Gasteiger partial charge in [0, 0.05) is 50.7 Å². The number of ether oxygens (including phenoxy) is 1. The quantitative estimate of drug-likeness (QED) is 0.175. The van der Waals surface area contributed by atoms with Gasteiger partial charge in [-0.2, -0.15) is 0 Å². The average molecular weight is 623 g/mol. The summed E-state index contributed by atoms with van der Waals surface area (Å²) in [6.07, 6.45) is 1.90. The Kier molecular flexibility index (Phi) is 9.09. The number of anilines is 1. The van der Waals surface area contributed by atoms with Crippen molar-refractivity contribution in [1.82, 2.24) is 24.8 Å². The molecule has 1 aliphatic rings. The molecular formula is C31H38N6O6S. The van der Waals surface area contributed by atoms with Crippen LogP contribution in [-0.4, -0.2) is 102 Å². The molecule has 0 spiro atoms. The fraction of sp³-hybridized carbons (Fsp3) is 0.387. The number of aromatic amines is 2. The smallest absolute Gasteiger partial charge is 0.261 e. The number of sulfone groups is 1. The Bertz CT molecular complexity index is 1850. The fourth-order valence-electron chi connectivity index (χ4n) is 5.20. The van der Waals surface area contributed by atoms with E-state index < -0.39 is 15.9 Å². The molecule has 44 heavy (non-hydrogen) atoms. The van der Waals surface area contributed by atoms with Crippen LogP contribution in [0.1, 0.15) is 27.0 Å². The molecule has 1 atom stereocenters. The number of nitrogens with one attached hydrogen (secondary N) is 3. The van der Waals surface area contributed by atoms with Gasteiger partial charge in [-0.1, -0.05) is 17.7 Å². The first-order valence-electron chi connectivity index (χ1n) is 14.4. The molecule has 13 heteroatoms. The van der Waals surface area contributed by atoms with Crippen LogP contribution in [0.3, 0.4) is 0 Å². The van der Waals surface area contributed by atoms with Gasteiger partial charge in [0.15, 0.2) is 0 Å². The number of carbonyl (C=O) groups is 1. The number of imidazole rings is 1. The first-order chi connectivity index (χ1) is 20.9. The minimum Gasteiger partial charge on any atom is -0.491 e. The van der Waals surface area contributed by atoms with E-state index in [1.54, 1.807) is 17.0 Å². The highest BCUT2D eigenvalue weighted by Gasteiger charge is 2.29. The Labute approximate surface area is 256 Å². The number of benzene rings is 2. The maximum atomic E-state index is 13.2. The van der Waals surface area contributed by atoms with Crippen molar-refractivity contribution in [2.45, 2.75) is 26.5 Å². The van der Waals surface area contributed by atoms with Crippen LogP contribution in [0.5, 0.6) is 5.75 Å². The third-order valence-electron chi connectivity index (χ3n) is 7.67. The van der Waals surface area contributed by atoms with Crippen LogP contribution >= 0.6 is 0 Å². The number of pyridine rings is 1. The van der Waals surface area contributed by atoms with Crippen LogP contribution in [0.15, 0.2) is 47.4 Å². The Morgan fingerprint density at radius 1 is 1.16 bits per heavy atom.